The summed E-state index contributed by atoms with van der Waals surface area (Å²) in [4.78, 5) is 17.2. The molecule has 2 aliphatic rings. The van der Waals surface area contributed by atoms with Gasteiger partial charge in [0.25, 0.3) is 0 Å². The van der Waals surface area contributed by atoms with Gasteiger partial charge in [0.05, 0.1) is 52.8 Å². The van der Waals surface area contributed by atoms with Crippen LogP contribution in [0.15, 0.2) is 146 Å². The fourth-order valence-corrected chi connectivity index (χ4v) is 8.29. The standard InChI is InChI=1S/C48H43N7O2/c1-48(2,3)47-43(56-45-18-10-12-24-49-45)28-34(29-44(47)57-46-19-11-13-25-50-46)55-41-26-32(53-30-51(4)37-14-6-8-16-39(37)53)20-22-35(41)36-23-21-33(27-42(36)55)54-31-52(5)38-15-7-9-17-40(38)54/h6-29H,30-31H2,1-5H3/i4D3. The van der Waals surface area contributed by atoms with Gasteiger partial charge in [-0.3, -0.25) is 0 Å². The zero-order valence-electron chi connectivity index (χ0n) is 35.2. The van der Waals surface area contributed by atoms with Gasteiger partial charge in [0.2, 0.25) is 11.8 Å². The van der Waals surface area contributed by atoms with E-state index in [0.29, 0.717) is 35.6 Å². The maximum atomic E-state index is 8.36. The number of ether oxygens (including phenoxy) is 2. The Morgan fingerprint density at radius 3 is 1.49 bits per heavy atom. The van der Waals surface area contributed by atoms with Crippen LogP contribution in [0.4, 0.5) is 34.1 Å². The first-order valence-electron chi connectivity index (χ1n) is 20.6. The highest BCUT2D eigenvalue weighted by atomic mass is 16.5. The lowest BCUT2D eigenvalue weighted by atomic mass is 9.85. The molecule has 10 rings (SSSR count). The first kappa shape index (κ1) is 31.2. The number of aromatic nitrogens is 3. The molecular formula is C48H43N7O2. The average molecular weight is 753 g/mol. The van der Waals surface area contributed by atoms with E-state index in [0.717, 1.165) is 55.8 Å². The summed E-state index contributed by atoms with van der Waals surface area (Å²) < 4.78 is 40.8. The Bertz CT molecular complexity index is 2850. The lowest BCUT2D eigenvalue weighted by molar-refractivity contribution is 0.408. The lowest BCUT2D eigenvalue weighted by Crippen LogP contribution is -2.24. The number of benzene rings is 5. The highest BCUT2D eigenvalue weighted by molar-refractivity contribution is 6.11. The second kappa shape index (κ2) is 13.3. The van der Waals surface area contributed by atoms with E-state index in [9.17, 15) is 0 Å². The van der Waals surface area contributed by atoms with E-state index < -0.39 is 12.4 Å². The number of nitrogens with zero attached hydrogens (tertiary/aromatic N) is 7. The molecule has 5 heterocycles. The third kappa shape index (κ3) is 5.94. The molecule has 0 amide bonds. The van der Waals surface area contributed by atoms with E-state index >= 15 is 0 Å². The third-order valence-electron chi connectivity index (χ3n) is 10.8. The van der Waals surface area contributed by atoms with Crippen LogP contribution in [-0.4, -0.2) is 41.9 Å². The third-order valence-corrected chi connectivity index (χ3v) is 10.8. The zero-order valence-corrected chi connectivity index (χ0v) is 32.2. The number of anilines is 6. The van der Waals surface area contributed by atoms with Crippen molar-refractivity contribution in [3.8, 4) is 28.9 Å². The lowest BCUT2D eigenvalue weighted by Gasteiger charge is -2.27. The summed E-state index contributed by atoms with van der Waals surface area (Å²) >= 11 is 0. The molecule has 0 atom stereocenters. The average Bonchev–Trinajstić information content (AvgIpc) is 3.90. The van der Waals surface area contributed by atoms with E-state index in [1.165, 1.54) is 10.6 Å². The quantitative estimate of drug-likeness (QED) is 0.159. The van der Waals surface area contributed by atoms with Crippen molar-refractivity contribution in [3.63, 3.8) is 0 Å². The molecule has 0 fully saturated rings. The maximum Gasteiger partial charge on any atom is 0.219 e. The first-order valence-corrected chi connectivity index (χ1v) is 19.1. The molecule has 9 heteroatoms. The molecular weight excluding hydrogens is 707 g/mol. The summed E-state index contributed by atoms with van der Waals surface area (Å²) in [6.45, 7) is 4.98. The molecule has 0 radical (unpaired) electrons. The predicted octanol–water partition coefficient (Wildman–Crippen LogP) is 11.5. The molecule has 0 N–H and O–H groups in total. The minimum atomic E-state index is -2.31. The highest BCUT2D eigenvalue weighted by Crippen LogP contribution is 2.48. The Hall–Kier alpha value is -7.00. The van der Waals surface area contributed by atoms with Gasteiger partial charge in [0.15, 0.2) is 0 Å². The number of para-hydroxylation sites is 4. The minimum Gasteiger partial charge on any atom is -0.439 e. The van der Waals surface area contributed by atoms with Crippen LogP contribution in [0.2, 0.25) is 0 Å². The number of fused-ring (bicyclic) bond motifs is 5. The number of pyridine rings is 2. The molecule has 0 unspecified atom stereocenters. The number of hydrogen-bond acceptors (Lipinski definition) is 8. The summed E-state index contributed by atoms with van der Waals surface area (Å²) in [6.07, 6.45) is 3.43. The van der Waals surface area contributed by atoms with Crippen molar-refractivity contribution in [2.24, 2.45) is 0 Å². The van der Waals surface area contributed by atoms with Gasteiger partial charge < -0.3 is 33.6 Å². The topological polar surface area (TPSA) is 62.1 Å². The van der Waals surface area contributed by atoms with Crippen LogP contribution in [0.25, 0.3) is 27.5 Å². The van der Waals surface area contributed by atoms with Gasteiger partial charge in [-0.15, -0.1) is 0 Å². The van der Waals surface area contributed by atoms with Crippen molar-refractivity contribution in [2.75, 3.05) is 47.0 Å². The van der Waals surface area contributed by atoms with Gasteiger partial charge in [-0.25, -0.2) is 9.97 Å². The monoisotopic (exact) mass is 752 g/mol. The molecule has 9 nitrogen and oxygen atoms in total. The molecule has 0 aliphatic carbocycles. The predicted molar refractivity (Wildman–Crippen MR) is 232 cm³/mol. The van der Waals surface area contributed by atoms with E-state index in [-0.39, 0.29) is 6.67 Å². The smallest absolute Gasteiger partial charge is 0.219 e. The summed E-state index contributed by atoms with van der Waals surface area (Å²) in [5.41, 5.74) is 8.89. The summed E-state index contributed by atoms with van der Waals surface area (Å²) in [5, 5.41) is 2.10. The van der Waals surface area contributed by atoms with Gasteiger partial charge in [-0.2, -0.15) is 0 Å². The van der Waals surface area contributed by atoms with Gasteiger partial charge in [-0.05, 0) is 66.1 Å². The van der Waals surface area contributed by atoms with E-state index in [4.69, 9.17) is 13.6 Å². The Balaban J connectivity index is 1.24. The van der Waals surface area contributed by atoms with Crippen molar-refractivity contribution < 1.29 is 13.6 Å². The van der Waals surface area contributed by atoms with Crippen LogP contribution in [0.3, 0.4) is 0 Å². The molecule has 3 aromatic heterocycles. The van der Waals surface area contributed by atoms with Crippen LogP contribution in [-0.2, 0) is 5.41 Å². The summed E-state index contributed by atoms with van der Waals surface area (Å²) in [6, 6.07) is 44.5. The van der Waals surface area contributed by atoms with Gasteiger partial charge >= 0.3 is 0 Å². The highest BCUT2D eigenvalue weighted by Gasteiger charge is 2.30. The second-order valence-electron chi connectivity index (χ2n) is 15.6. The molecule has 0 spiro atoms. The van der Waals surface area contributed by atoms with E-state index in [1.54, 1.807) is 12.4 Å². The van der Waals surface area contributed by atoms with Crippen LogP contribution < -0.4 is 29.1 Å². The van der Waals surface area contributed by atoms with Crippen molar-refractivity contribution in [1.82, 2.24) is 14.5 Å². The Morgan fingerprint density at radius 2 is 1.02 bits per heavy atom. The van der Waals surface area contributed by atoms with Crippen LogP contribution in [0.5, 0.6) is 23.3 Å². The molecule has 0 bridgehead atoms. The maximum absolute atomic E-state index is 8.36. The van der Waals surface area contributed by atoms with Gasteiger partial charge in [-0.1, -0.05) is 69.3 Å². The minimum absolute atomic E-state index is 0.179. The fraction of sp³-hybridized carbons (Fsp3) is 0.167. The van der Waals surface area contributed by atoms with Gasteiger partial charge in [0, 0.05) is 82.5 Å². The van der Waals surface area contributed by atoms with E-state index in [2.05, 4.69) is 130 Å². The summed E-state index contributed by atoms with van der Waals surface area (Å²) in [7, 11) is 2.11. The molecule has 57 heavy (non-hydrogen) atoms. The van der Waals surface area contributed by atoms with Crippen molar-refractivity contribution in [1.29, 1.82) is 0 Å². The number of hydrogen-bond donors (Lipinski definition) is 0. The fourth-order valence-electron chi connectivity index (χ4n) is 8.29. The Kier molecular flexibility index (Phi) is 7.31. The molecule has 0 saturated heterocycles. The molecule has 8 aromatic rings. The van der Waals surface area contributed by atoms with Crippen LogP contribution in [0, 0.1) is 0 Å². The second-order valence-corrected chi connectivity index (χ2v) is 15.6. The van der Waals surface area contributed by atoms with Crippen molar-refractivity contribution >= 4 is 55.9 Å². The van der Waals surface area contributed by atoms with Crippen molar-refractivity contribution in [3.05, 3.63) is 151 Å². The van der Waals surface area contributed by atoms with Crippen molar-refractivity contribution in [2.45, 2.75) is 26.2 Å². The molecule has 282 valence electrons. The zero-order chi connectivity index (χ0) is 41.3. The normalized spacial score (nSPS) is 14.8. The van der Waals surface area contributed by atoms with Gasteiger partial charge in [0.1, 0.15) is 11.5 Å². The van der Waals surface area contributed by atoms with Crippen LogP contribution in [0.1, 0.15) is 30.4 Å². The van der Waals surface area contributed by atoms with Crippen LogP contribution >= 0.6 is 0 Å². The van der Waals surface area contributed by atoms with E-state index in [1.807, 2.05) is 60.7 Å². The largest absolute Gasteiger partial charge is 0.439 e. The molecule has 0 saturated carbocycles. The Labute approximate surface area is 336 Å². The molecule has 5 aromatic carbocycles. The number of rotatable bonds is 7. The summed E-state index contributed by atoms with van der Waals surface area (Å²) in [5.74, 6) is 2.12. The Morgan fingerprint density at radius 1 is 0.544 bits per heavy atom. The SMILES string of the molecule is [2H]C([2H])([2H])N1CN(c2ccc3c4ccc(N5CN(C)c6ccccc65)cc4n(-c4cc(Oc5ccccn5)c(C(C)(C)C)c(Oc5ccccn5)c4)c3c2)c2ccccc21. The first-order chi connectivity index (χ1) is 28.9. The molecule has 2 aliphatic heterocycles.